The summed E-state index contributed by atoms with van der Waals surface area (Å²) in [5.74, 6) is -1.09. The molecule has 8 nitrogen and oxygen atoms in total. The summed E-state index contributed by atoms with van der Waals surface area (Å²) in [6, 6.07) is 4.81. The summed E-state index contributed by atoms with van der Waals surface area (Å²) in [4.78, 5) is 21.0. The minimum Gasteiger partial charge on any atom is -0.467 e. The third-order valence-corrected chi connectivity index (χ3v) is 2.36. The first kappa shape index (κ1) is 14.6. The van der Waals surface area contributed by atoms with Crippen molar-refractivity contribution in [1.82, 2.24) is 0 Å². The molecular weight excluding hydrogens is 256 g/mol. The molecule has 0 fully saturated rings. The third-order valence-electron chi connectivity index (χ3n) is 2.36. The second-order valence-electron chi connectivity index (χ2n) is 3.59. The minimum atomic E-state index is -1.89. The minimum absolute atomic E-state index is 0.0692. The second-order valence-corrected chi connectivity index (χ2v) is 3.59. The molecule has 8 heteroatoms. The van der Waals surface area contributed by atoms with E-state index in [0.717, 1.165) is 25.3 Å². The van der Waals surface area contributed by atoms with Gasteiger partial charge in [-0.15, -0.1) is 0 Å². The van der Waals surface area contributed by atoms with Gasteiger partial charge in [0.05, 0.1) is 23.7 Å². The standard InChI is InChI=1S/C11H10N2O6/c1-19-11(16)10(15)9(14)7-2-6(5-12)3-8(4-7)13(17)18/h2-4,9-10,14-15H,1H3. The maximum absolute atomic E-state index is 11.1. The molecule has 0 aliphatic heterocycles. The smallest absolute Gasteiger partial charge is 0.337 e. The van der Waals surface area contributed by atoms with Crippen LogP contribution in [0.3, 0.4) is 0 Å². The van der Waals surface area contributed by atoms with E-state index in [1.807, 2.05) is 0 Å². The molecule has 0 aromatic heterocycles. The summed E-state index contributed by atoms with van der Waals surface area (Å²) in [5.41, 5.74) is -0.617. The van der Waals surface area contributed by atoms with Gasteiger partial charge in [-0.1, -0.05) is 0 Å². The lowest BCUT2D eigenvalue weighted by molar-refractivity contribution is -0.385. The number of aliphatic hydroxyl groups is 2. The molecule has 0 radical (unpaired) electrons. The van der Waals surface area contributed by atoms with Crippen LogP contribution in [0.25, 0.3) is 0 Å². The van der Waals surface area contributed by atoms with Crippen molar-refractivity contribution in [1.29, 1.82) is 5.26 Å². The molecule has 2 N–H and O–H groups in total. The van der Waals surface area contributed by atoms with Crippen LogP contribution in [-0.2, 0) is 9.53 Å². The number of nitrogens with zero attached hydrogens (tertiary/aromatic N) is 2. The van der Waals surface area contributed by atoms with Crippen LogP contribution >= 0.6 is 0 Å². The van der Waals surface area contributed by atoms with Gasteiger partial charge in [0.15, 0.2) is 6.10 Å². The summed E-state index contributed by atoms with van der Waals surface area (Å²) in [6.45, 7) is 0. The Morgan fingerprint density at radius 3 is 2.58 bits per heavy atom. The highest BCUT2D eigenvalue weighted by molar-refractivity contribution is 5.75. The van der Waals surface area contributed by atoms with E-state index in [0.29, 0.717) is 0 Å². The summed E-state index contributed by atoms with van der Waals surface area (Å²) >= 11 is 0. The van der Waals surface area contributed by atoms with Gasteiger partial charge in [-0.2, -0.15) is 5.26 Å². The van der Waals surface area contributed by atoms with E-state index in [2.05, 4.69) is 4.74 Å². The van der Waals surface area contributed by atoms with Crippen molar-refractivity contribution in [3.05, 3.63) is 39.4 Å². The fourth-order valence-corrected chi connectivity index (χ4v) is 1.41. The number of esters is 1. The summed E-state index contributed by atoms with van der Waals surface area (Å²) in [5, 5.41) is 38.6. The molecule has 1 aromatic carbocycles. The van der Waals surface area contributed by atoms with Gasteiger partial charge in [-0.25, -0.2) is 4.79 Å². The van der Waals surface area contributed by atoms with Crippen LogP contribution in [0.1, 0.15) is 17.2 Å². The second kappa shape index (κ2) is 5.90. The zero-order chi connectivity index (χ0) is 14.6. The number of nitro groups is 1. The summed E-state index contributed by atoms with van der Waals surface area (Å²) in [6.07, 6.45) is -3.61. The highest BCUT2D eigenvalue weighted by Gasteiger charge is 2.28. The largest absolute Gasteiger partial charge is 0.467 e. The number of carbonyl (C=O) groups excluding carboxylic acids is 1. The van der Waals surface area contributed by atoms with Crippen LogP contribution in [0.15, 0.2) is 18.2 Å². The zero-order valence-corrected chi connectivity index (χ0v) is 9.81. The number of hydrogen-bond donors (Lipinski definition) is 2. The van der Waals surface area contributed by atoms with Crippen LogP contribution in [0, 0.1) is 21.4 Å². The maximum atomic E-state index is 11.1. The molecule has 2 atom stereocenters. The average molecular weight is 266 g/mol. The molecule has 1 rings (SSSR count). The molecule has 19 heavy (non-hydrogen) atoms. The van der Waals surface area contributed by atoms with Gasteiger partial charge in [-0.3, -0.25) is 10.1 Å². The topological polar surface area (TPSA) is 134 Å². The van der Waals surface area contributed by atoms with E-state index in [9.17, 15) is 25.1 Å². The fourth-order valence-electron chi connectivity index (χ4n) is 1.41. The Morgan fingerprint density at radius 2 is 2.11 bits per heavy atom. The Kier molecular flexibility index (Phi) is 4.52. The van der Waals surface area contributed by atoms with Gasteiger partial charge >= 0.3 is 5.97 Å². The highest BCUT2D eigenvalue weighted by Crippen LogP contribution is 2.24. The molecule has 1 aromatic rings. The van der Waals surface area contributed by atoms with Crippen LogP contribution in [0.2, 0.25) is 0 Å². The third kappa shape index (κ3) is 3.25. The van der Waals surface area contributed by atoms with Crippen molar-refractivity contribution >= 4 is 11.7 Å². The zero-order valence-electron chi connectivity index (χ0n) is 9.81. The molecule has 0 aliphatic rings. The van der Waals surface area contributed by atoms with Gasteiger partial charge in [-0.05, 0) is 11.6 Å². The van der Waals surface area contributed by atoms with E-state index >= 15 is 0 Å². The Hall–Kier alpha value is -2.50. The lowest BCUT2D eigenvalue weighted by atomic mass is 10.0. The fraction of sp³-hybridized carbons (Fsp3) is 0.273. The van der Waals surface area contributed by atoms with Crippen molar-refractivity contribution in [3.8, 4) is 6.07 Å². The number of hydrogen-bond acceptors (Lipinski definition) is 7. The van der Waals surface area contributed by atoms with E-state index in [1.165, 1.54) is 0 Å². The number of nitriles is 1. The van der Waals surface area contributed by atoms with E-state index in [4.69, 9.17) is 5.26 Å². The first-order chi connectivity index (χ1) is 8.90. The Labute approximate surface area is 107 Å². The van der Waals surface area contributed by atoms with Gasteiger partial charge in [0, 0.05) is 12.1 Å². The molecule has 100 valence electrons. The molecule has 0 amide bonds. The van der Waals surface area contributed by atoms with Crippen molar-refractivity contribution in [3.63, 3.8) is 0 Å². The lowest BCUT2D eigenvalue weighted by Crippen LogP contribution is -2.29. The number of aliphatic hydroxyl groups excluding tert-OH is 2. The molecular formula is C11H10N2O6. The highest BCUT2D eigenvalue weighted by atomic mass is 16.6. The number of methoxy groups -OCH3 is 1. The van der Waals surface area contributed by atoms with Gasteiger partial charge in [0.2, 0.25) is 0 Å². The summed E-state index contributed by atoms with van der Waals surface area (Å²) < 4.78 is 4.24. The van der Waals surface area contributed by atoms with E-state index in [1.54, 1.807) is 6.07 Å². The normalized spacial score (nSPS) is 13.2. The van der Waals surface area contributed by atoms with Crippen molar-refractivity contribution in [2.24, 2.45) is 0 Å². The predicted octanol–water partition coefficient (Wildman–Crippen LogP) is 0.0338. The molecule has 2 unspecified atom stereocenters. The molecule has 0 heterocycles. The average Bonchev–Trinajstić information content (AvgIpc) is 2.43. The quantitative estimate of drug-likeness (QED) is 0.446. The first-order valence-electron chi connectivity index (χ1n) is 5.04. The van der Waals surface area contributed by atoms with E-state index < -0.39 is 28.8 Å². The number of carbonyl (C=O) groups is 1. The van der Waals surface area contributed by atoms with Crippen molar-refractivity contribution in [2.75, 3.05) is 7.11 Å². The number of benzene rings is 1. The molecule has 0 aliphatic carbocycles. The Balaban J connectivity index is 3.19. The number of rotatable bonds is 4. The number of ether oxygens (including phenoxy) is 1. The molecule has 0 spiro atoms. The van der Waals surface area contributed by atoms with Gasteiger partial charge in [0.1, 0.15) is 6.10 Å². The van der Waals surface area contributed by atoms with Gasteiger partial charge < -0.3 is 14.9 Å². The van der Waals surface area contributed by atoms with E-state index in [-0.39, 0.29) is 11.1 Å². The van der Waals surface area contributed by atoms with Crippen LogP contribution < -0.4 is 0 Å². The Morgan fingerprint density at radius 1 is 1.47 bits per heavy atom. The van der Waals surface area contributed by atoms with Crippen molar-refractivity contribution in [2.45, 2.75) is 12.2 Å². The lowest BCUT2D eigenvalue weighted by Gasteiger charge is -2.15. The maximum Gasteiger partial charge on any atom is 0.337 e. The first-order valence-corrected chi connectivity index (χ1v) is 5.04. The number of non-ortho nitro benzene ring substituents is 1. The van der Waals surface area contributed by atoms with Crippen molar-refractivity contribution < 1.29 is 24.7 Å². The van der Waals surface area contributed by atoms with Crippen LogP contribution in [0.5, 0.6) is 0 Å². The van der Waals surface area contributed by atoms with Crippen LogP contribution in [-0.4, -0.2) is 34.3 Å². The summed E-state index contributed by atoms with van der Waals surface area (Å²) in [7, 11) is 1.02. The Bertz CT molecular complexity index is 551. The SMILES string of the molecule is COC(=O)C(O)C(O)c1cc(C#N)cc([N+](=O)[O-])c1. The predicted molar refractivity (Wildman–Crippen MR) is 60.8 cm³/mol. The van der Waals surface area contributed by atoms with Crippen LogP contribution in [0.4, 0.5) is 5.69 Å². The molecule has 0 bridgehead atoms. The number of nitro benzene ring substituents is 1. The molecule has 0 saturated carbocycles. The molecule has 0 saturated heterocycles. The monoisotopic (exact) mass is 266 g/mol. The van der Waals surface area contributed by atoms with Gasteiger partial charge in [0.25, 0.3) is 5.69 Å².